The number of rotatable bonds is 3. The van der Waals surface area contributed by atoms with E-state index in [2.05, 4.69) is 20.9 Å². The Balaban J connectivity index is 2.00. The maximum absolute atomic E-state index is 12.1. The number of carbonyl (C=O) groups is 1. The molecule has 0 spiro atoms. The maximum Gasteiger partial charge on any atom is 0.363 e. The Bertz CT molecular complexity index is 890. The lowest BCUT2D eigenvalue weighted by atomic mass is 10.1. The van der Waals surface area contributed by atoms with Crippen molar-refractivity contribution in [3.63, 3.8) is 0 Å². The number of aryl methyl sites for hydroxylation is 1. The summed E-state index contributed by atoms with van der Waals surface area (Å²) in [6.45, 7) is 1.90. The van der Waals surface area contributed by atoms with Crippen LogP contribution in [0.15, 0.2) is 51.6 Å². The summed E-state index contributed by atoms with van der Waals surface area (Å²) in [6.07, 6.45) is 1.63. The van der Waals surface area contributed by atoms with Gasteiger partial charge in [0.1, 0.15) is 5.75 Å². The standard InChI is InChI=1S/C18H13BrClNO3/c1-10-3-4-11(8-14(10)20)17-21-15(18(22)24-17)9-12-7-13(19)5-6-16(12)23-2/h3-9H,1-2H3/b15-9-. The highest BCUT2D eigenvalue weighted by Crippen LogP contribution is 2.28. The predicted octanol–water partition coefficient (Wildman–Crippen LogP) is 4.76. The third kappa shape index (κ3) is 3.37. The molecule has 0 amide bonds. The normalized spacial score (nSPS) is 15.4. The number of hydrogen-bond donors (Lipinski definition) is 0. The largest absolute Gasteiger partial charge is 0.496 e. The number of nitrogens with zero attached hydrogens (tertiary/aromatic N) is 1. The minimum atomic E-state index is -0.510. The zero-order chi connectivity index (χ0) is 17.3. The van der Waals surface area contributed by atoms with Crippen LogP contribution in [0.25, 0.3) is 6.08 Å². The Morgan fingerprint density at radius 3 is 2.75 bits per heavy atom. The highest BCUT2D eigenvalue weighted by atomic mass is 79.9. The second kappa shape index (κ2) is 6.79. The van der Waals surface area contributed by atoms with Crippen molar-refractivity contribution < 1.29 is 14.3 Å². The molecular formula is C18H13BrClNO3. The first-order valence-electron chi connectivity index (χ1n) is 7.10. The topological polar surface area (TPSA) is 47.9 Å². The molecule has 1 aliphatic rings. The molecule has 0 N–H and O–H groups in total. The smallest absolute Gasteiger partial charge is 0.363 e. The first kappa shape index (κ1) is 16.7. The number of ether oxygens (including phenoxy) is 2. The average Bonchev–Trinajstić information content (AvgIpc) is 2.91. The van der Waals surface area contributed by atoms with Crippen molar-refractivity contribution in [2.45, 2.75) is 6.92 Å². The second-order valence-corrected chi connectivity index (χ2v) is 6.51. The van der Waals surface area contributed by atoms with Crippen LogP contribution >= 0.6 is 27.5 Å². The van der Waals surface area contributed by atoms with Gasteiger partial charge in [0.25, 0.3) is 0 Å². The highest BCUT2D eigenvalue weighted by Gasteiger charge is 2.25. The number of esters is 1. The van der Waals surface area contributed by atoms with E-state index in [9.17, 15) is 4.79 Å². The zero-order valence-electron chi connectivity index (χ0n) is 13.0. The van der Waals surface area contributed by atoms with Crippen LogP contribution in [-0.2, 0) is 9.53 Å². The van der Waals surface area contributed by atoms with Gasteiger partial charge in [-0.25, -0.2) is 9.79 Å². The average molecular weight is 407 g/mol. The van der Waals surface area contributed by atoms with E-state index in [1.807, 2.05) is 31.2 Å². The van der Waals surface area contributed by atoms with Crippen LogP contribution in [0.4, 0.5) is 0 Å². The van der Waals surface area contributed by atoms with Gasteiger partial charge in [0.15, 0.2) is 5.70 Å². The van der Waals surface area contributed by atoms with Gasteiger partial charge in [0.05, 0.1) is 7.11 Å². The fraction of sp³-hybridized carbons (Fsp3) is 0.111. The van der Waals surface area contributed by atoms with Crippen LogP contribution in [-0.4, -0.2) is 19.0 Å². The van der Waals surface area contributed by atoms with Gasteiger partial charge in [0.2, 0.25) is 5.90 Å². The Morgan fingerprint density at radius 1 is 1.25 bits per heavy atom. The summed E-state index contributed by atoms with van der Waals surface area (Å²) in [5, 5.41) is 0.595. The lowest BCUT2D eigenvalue weighted by molar-refractivity contribution is -0.129. The molecule has 0 fully saturated rings. The second-order valence-electron chi connectivity index (χ2n) is 5.19. The van der Waals surface area contributed by atoms with Crippen molar-refractivity contribution in [1.29, 1.82) is 0 Å². The summed E-state index contributed by atoms with van der Waals surface area (Å²) in [7, 11) is 1.57. The molecule has 0 aromatic heterocycles. The van der Waals surface area contributed by atoms with E-state index < -0.39 is 5.97 Å². The molecule has 1 heterocycles. The molecule has 0 aliphatic carbocycles. The van der Waals surface area contributed by atoms with Gasteiger partial charge in [0, 0.05) is 20.6 Å². The first-order chi connectivity index (χ1) is 11.5. The summed E-state index contributed by atoms with van der Waals surface area (Å²) in [5.74, 6) is 0.367. The lowest BCUT2D eigenvalue weighted by Crippen LogP contribution is -2.05. The third-order valence-corrected chi connectivity index (χ3v) is 4.42. The van der Waals surface area contributed by atoms with E-state index in [1.165, 1.54) is 0 Å². The van der Waals surface area contributed by atoms with Crippen LogP contribution in [0, 0.1) is 6.92 Å². The third-order valence-electron chi connectivity index (χ3n) is 3.52. The molecule has 6 heteroatoms. The number of hydrogen-bond acceptors (Lipinski definition) is 4. The van der Waals surface area contributed by atoms with Gasteiger partial charge < -0.3 is 9.47 Å². The Hall–Kier alpha value is -2.11. The van der Waals surface area contributed by atoms with Gasteiger partial charge in [-0.1, -0.05) is 33.6 Å². The molecule has 0 atom stereocenters. The SMILES string of the molecule is COc1ccc(Br)cc1/C=C1\N=C(c2ccc(C)c(Cl)c2)OC1=O. The van der Waals surface area contributed by atoms with Crippen LogP contribution in [0.1, 0.15) is 16.7 Å². The van der Waals surface area contributed by atoms with Gasteiger partial charge in [-0.15, -0.1) is 0 Å². The minimum absolute atomic E-state index is 0.207. The summed E-state index contributed by atoms with van der Waals surface area (Å²) >= 11 is 9.52. The molecule has 0 unspecified atom stereocenters. The summed E-state index contributed by atoms with van der Waals surface area (Å²) in [4.78, 5) is 16.4. The number of carbonyl (C=O) groups excluding carboxylic acids is 1. The molecule has 4 nitrogen and oxygen atoms in total. The van der Waals surface area contributed by atoms with E-state index in [4.69, 9.17) is 21.1 Å². The summed E-state index contributed by atoms with van der Waals surface area (Å²) < 4.78 is 11.4. The van der Waals surface area contributed by atoms with Gasteiger partial charge >= 0.3 is 5.97 Å². The predicted molar refractivity (Wildman–Crippen MR) is 97.5 cm³/mol. The fourth-order valence-electron chi connectivity index (χ4n) is 2.22. The zero-order valence-corrected chi connectivity index (χ0v) is 15.3. The Morgan fingerprint density at radius 2 is 2.04 bits per heavy atom. The van der Waals surface area contributed by atoms with E-state index in [-0.39, 0.29) is 11.6 Å². The van der Waals surface area contributed by atoms with Crippen molar-refractivity contribution in [2.24, 2.45) is 4.99 Å². The van der Waals surface area contributed by atoms with Gasteiger partial charge in [-0.2, -0.15) is 0 Å². The quantitative estimate of drug-likeness (QED) is 0.545. The molecule has 0 saturated carbocycles. The van der Waals surface area contributed by atoms with E-state index in [1.54, 1.807) is 25.3 Å². The van der Waals surface area contributed by atoms with E-state index in [0.29, 0.717) is 16.3 Å². The minimum Gasteiger partial charge on any atom is -0.496 e. The monoisotopic (exact) mass is 405 g/mol. The van der Waals surface area contributed by atoms with E-state index in [0.717, 1.165) is 15.6 Å². The molecule has 0 bridgehead atoms. The van der Waals surface area contributed by atoms with Crippen molar-refractivity contribution in [1.82, 2.24) is 0 Å². The maximum atomic E-state index is 12.1. The molecule has 0 saturated heterocycles. The molecule has 2 aromatic carbocycles. The van der Waals surface area contributed by atoms with Crippen LogP contribution in [0.3, 0.4) is 0 Å². The number of benzene rings is 2. The van der Waals surface area contributed by atoms with Crippen molar-refractivity contribution in [3.8, 4) is 5.75 Å². The lowest BCUT2D eigenvalue weighted by Gasteiger charge is -2.04. The van der Waals surface area contributed by atoms with Crippen LogP contribution in [0.5, 0.6) is 5.75 Å². The highest BCUT2D eigenvalue weighted by molar-refractivity contribution is 9.10. The van der Waals surface area contributed by atoms with Crippen molar-refractivity contribution in [3.05, 3.63) is 68.3 Å². The Kier molecular flexibility index (Phi) is 4.73. The van der Waals surface area contributed by atoms with Crippen molar-refractivity contribution >= 4 is 45.5 Å². The van der Waals surface area contributed by atoms with Gasteiger partial charge in [-0.3, -0.25) is 0 Å². The molecule has 122 valence electrons. The number of cyclic esters (lactones) is 1. The molecule has 24 heavy (non-hydrogen) atoms. The molecule has 1 aliphatic heterocycles. The number of methoxy groups -OCH3 is 1. The molecule has 0 radical (unpaired) electrons. The van der Waals surface area contributed by atoms with Crippen LogP contribution in [0.2, 0.25) is 5.02 Å². The molecular weight excluding hydrogens is 394 g/mol. The van der Waals surface area contributed by atoms with Crippen molar-refractivity contribution in [2.75, 3.05) is 7.11 Å². The molecule has 2 aromatic rings. The Labute approximate surface area is 152 Å². The van der Waals surface area contributed by atoms with Crippen LogP contribution < -0.4 is 4.74 Å². The molecule has 3 rings (SSSR count). The number of halogens is 2. The van der Waals surface area contributed by atoms with Gasteiger partial charge in [-0.05, 0) is 48.9 Å². The number of aliphatic imine (C=N–C) groups is 1. The summed E-state index contributed by atoms with van der Waals surface area (Å²) in [5.41, 5.74) is 2.53. The summed E-state index contributed by atoms with van der Waals surface area (Å²) in [6, 6.07) is 10.9. The fourth-order valence-corrected chi connectivity index (χ4v) is 2.78. The van der Waals surface area contributed by atoms with E-state index >= 15 is 0 Å². The first-order valence-corrected chi connectivity index (χ1v) is 8.27.